The Kier molecular flexibility index (Phi) is 8.89. The number of halogens is 1. The number of piperidine rings is 1. The number of likely N-dealkylation sites (tertiary alicyclic amines) is 2. The van der Waals surface area contributed by atoms with Gasteiger partial charge in [0.05, 0.1) is 6.10 Å². The Bertz CT molecular complexity index is 319. The average molecular weight is 410 g/mol. The molecule has 2 saturated heterocycles. The number of aliphatic imine (C=N–C) groups is 1. The molecular weight excluding hydrogens is 379 g/mol. The maximum atomic E-state index is 9.64. The summed E-state index contributed by atoms with van der Waals surface area (Å²) < 4.78 is 0. The zero-order chi connectivity index (χ0) is 14.4. The molecule has 124 valence electrons. The van der Waals surface area contributed by atoms with Gasteiger partial charge in [-0.3, -0.25) is 4.99 Å². The lowest BCUT2D eigenvalue weighted by Gasteiger charge is -2.28. The van der Waals surface area contributed by atoms with E-state index in [9.17, 15) is 5.11 Å². The van der Waals surface area contributed by atoms with Gasteiger partial charge in [0.15, 0.2) is 5.96 Å². The van der Waals surface area contributed by atoms with Gasteiger partial charge < -0.3 is 20.2 Å². The number of hydrogen-bond acceptors (Lipinski definition) is 3. The summed E-state index contributed by atoms with van der Waals surface area (Å²) in [6.07, 6.45) is 4.49. The minimum atomic E-state index is -0.187. The first-order chi connectivity index (χ1) is 9.69. The maximum Gasteiger partial charge on any atom is 0.194 e. The normalized spacial score (nSPS) is 25.0. The number of rotatable bonds is 4. The zero-order valence-corrected chi connectivity index (χ0v) is 15.8. The van der Waals surface area contributed by atoms with Crippen LogP contribution in [0.3, 0.4) is 0 Å². The summed E-state index contributed by atoms with van der Waals surface area (Å²) in [5, 5.41) is 13.0. The fraction of sp³-hybridized carbons (Fsp3) is 0.933. The molecule has 6 heteroatoms. The summed E-state index contributed by atoms with van der Waals surface area (Å²) in [5.74, 6) is 1.82. The van der Waals surface area contributed by atoms with Gasteiger partial charge in [0.2, 0.25) is 0 Å². The van der Waals surface area contributed by atoms with Gasteiger partial charge in [-0.2, -0.15) is 0 Å². The van der Waals surface area contributed by atoms with Gasteiger partial charge in [0.25, 0.3) is 0 Å². The molecule has 0 aromatic heterocycles. The minimum absolute atomic E-state index is 0. The van der Waals surface area contributed by atoms with Crippen molar-refractivity contribution >= 4 is 29.9 Å². The van der Waals surface area contributed by atoms with Crippen molar-refractivity contribution in [2.45, 2.75) is 38.7 Å². The summed E-state index contributed by atoms with van der Waals surface area (Å²) in [6, 6.07) is 0. The van der Waals surface area contributed by atoms with Crippen LogP contribution in [-0.2, 0) is 0 Å². The van der Waals surface area contributed by atoms with E-state index in [1.807, 2.05) is 0 Å². The predicted molar refractivity (Wildman–Crippen MR) is 98.4 cm³/mol. The van der Waals surface area contributed by atoms with Crippen molar-refractivity contribution in [3.8, 4) is 0 Å². The van der Waals surface area contributed by atoms with Crippen LogP contribution in [0.5, 0.6) is 0 Å². The van der Waals surface area contributed by atoms with Crippen molar-refractivity contribution < 1.29 is 5.11 Å². The molecule has 0 aromatic carbocycles. The standard InChI is InChI=1S/C15H30N4O.HI/c1-3-16-15(19-11-7-14(20)12-19)17-8-4-13-5-9-18(2)10-6-13;/h13-14,20H,3-12H2,1-2H3,(H,16,17);1H/t14-;/m1./s1. The summed E-state index contributed by atoms with van der Waals surface area (Å²) in [7, 11) is 2.20. The van der Waals surface area contributed by atoms with Gasteiger partial charge in [-0.1, -0.05) is 0 Å². The molecular formula is C15H31IN4O. The second-order valence-electron chi connectivity index (χ2n) is 6.16. The van der Waals surface area contributed by atoms with Crippen LogP contribution in [0.4, 0.5) is 0 Å². The second kappa shape index (κ2) is 9.84. The monoisotopic (exact) mass is 410 g/mol. The van der Waals surface area contributed by atoms with Crippen LogP contribution in [0.2, 0.25) is 0 Å². The first-order valence-corrected chi connectivity index (χ1v) is 8.09. The molecule has 0 bridgehead atoms. The van der Waals surface area contributed by atoms with Crippen molar-refractivity contribution in [2.24, 2.45) is 10.9 Å². The van der Waals surface area contributed by atoms with Gasteiger partial charge >= 0.3 is 0 Å². The number of nitrogens with zero attached hydrogens (tertiary/aromatic N) is 3. The first kappa shape index (κ1) is 19.0. The molecule has 0 radical (unpaired) electrons. The molecule has 2 aliphatic heterocycles. The average Bonchev–Trinajstić information content (AvgIpc) is 2.86. The van der Waals surface area contributed by atoms with Crippen LogP contribution in [0.15, 0.2) is 4.99 Å². The van der Waals surface area contributed by atoms with Gasteiger partial charge in [0.1, 0.15) is 0 Å². The molecule has 2 rings (SSSR count). The van der Waals surface area contributed by atoms with E-state index in [1.165, 1.54) is 32.4 Å². The van der Waals surface area contributed by atoms with Gasteiger partial charge in [-0.15, -0.1) is 24.0 Å². The highest BCUT2D eigenvalue weighted by Crippen LogP contribution is 2.19. The SMILES string of the molecule is CCNC(=NCCC1CCN(C)CC1)N1CC[C@@H](O)C1.I. The topological polar surface area (TPSA) is 51.1 Å². The molecule has 2 N–H and O–H groups in total. The molecule has 2 aliphatic rings. The Hall–Kier alpha value is -0.0800. The molecule has 0 amide bonds. The number of β-amino-alcohol motifs (C(OH)–C–C–N with tert-alkyl or cyclic N) is 1. The van der Waals surface area contributed by atoms with Gasteiger partial charge in [-0.05, 0) is 58.7 Å². The summed E-state index contributed by atoms with van der Waals surface area (Å²) >= 11 is 0. The number of hydrogen-bond donors (Lipinski definition) is 2. The lowest BCUT2D eigenvalue weighted by atomic mass is 9.94. The summed E-state index contributed by atoms with van der Waals surface area (Å²) in [4.78, 5) is 9.35. The molecule has 0 aromatic rings. The molecule has 2 heterocycles. The Morgan fingerprint density at radius 2 is 1.95 bits per heavy atom. The molecule has 1 atom stereocenters. The highest BCUT2D eigenvalue weighted by Gasteiger charge is 2.23. The molecule has 21 heavy (non-hydrogen) atoms. The van der Waals surface area contributed by atoms with E-state index in [1.54, 1.807) is 0 Å². The second-order valence-corrected chi connectivity index (χ2v) is 6.16. The number of aliphatic hydroxyl groups is 1. The Balaban J connectivity index is 0.00000220. The molecule has 0 saturated carbocycles. The van der Waals surface area contributed by atoms with Gasteiger partial charge in [-0.25, -0.2) is 0 Å². The van der Waals surface area contributed by atoms with Crippen molar-refractivity contribution in [2.75, 3.05) is 46.3 Å². The van der Waals surface area contributed by atoms with Crippen LogP contribution in [0.1, 0.15) is 32.6 Å². The highest BCUT2D eigenvalue weighted by atomic mass is 127. The van der Waals surface area contributed by atoms with E-state index in [0.717, 1.165) is 44.5 Å². The Labute approximate surface area is 146 Å². The van der Waals surface area contributed by atoms with Crippen LogP contribution >= 0.6 is 24.0 Å². The van der Waals surface area contributed by atoms with Crippen LogP contribution in [0, 0.1) is 5.92 Å². The molecule has 5 nitrogen and oxygen atoms in total. The Morgan fingerprint density at radius 3 is 2.52 bits per heavy atom. The number of nitrogens with one attached hydrogen (secondary N) is 1. The molecule has 0 aliphatic carbocycles. The molecule has 2 fully saturated rings. The fourth-order valence-corrected chi connectivity index (χ4v) is 3.06. The third kappa shape index (κ3) is 6.28. The third-order valence-electron chi connectivity index (χ3n) is 4.43. The maximum absolute atomic E-state index is 9.64. The smallest absolute Gasteiger partial charge is 0.194 e. The van der Waals surface area contributed by atoms with Crippen molar-refractivity contribution in [1.82, 2.24) is 15.1 Å². The van der Waals surface area contributed by atoms with Crippen molar-refractivity contribution in [3.63, 3.8) is 0 Å². The van der Waals surface area contributed by atoms with Crippen LogP contribution < -0.4 is 5.32 Å². The molecule has 0 spiro atoms. The van der Waals surface area contributed by atoms with Crippen molar-refractivity contribution in [3.05, 3.63) is 0 Å². The zero-order valence-electron chi connectivity index (χ0n) is 13.4. The summed E-state index contributed by atoms with van der Waals surface area (Å²) in [5.41, 5.74) is 0. The van der Waals surface area contributed by atoms with E-state index in [4.69, 9.17) is 4.99 Å². The van der Waals surface area contributed by atoms with E-state index >= 15 is 0 Å². The largest absolute Gasteiger partial charge is 0.391 e. The fourth-order valence-electron chi connectivity index (χ4n) is 3.06. The van der Waals surface area contributed by atoms with E-state index < -0.39 is 0 Å². The number of guanidine groups is 1. The van der Waals surface area contributed by atoms with E-state index in [0.29, 0.717) is 0 Å². The Morgan fingerprint density at radius 1 is 1.24 bits per heavy atom. The quantitative estimate of drug-likeness (QED) is 0.418. The minimum Gasteiger partial charge on any atom is -0.391 e. The van der Waals surface area contributed by atoms with E-state index in [-0.39, 0.29) is 30.1 Å². The summed E-state index contributed by atoms with van der Waals surface area (Å²) in [6.45, 7) is 7.99. The predicted octanol–water partition coefficient (Wildman–Crippen LogP) is 1.37. The molecule has 0 unspecified atom stereocenters. The van der Waals surface area contributed by atoms with Crippen molar-refractivity contribution in [1.29, 1.82) is 0 Å². The first-order valence-electron chi connectivity index (χ1n) is 8.09. The number of aliphatic hydroxyl groups excluding tert-OH is 1. The lowest BCUT2D eigenvalue weighted by Crippen LogP contribution is -2.40. The highest BCUT2D eigenvalue weighted by molar-refractivity contribution is 14.0. The van der Waals surface area contributed by atoms with Crippen LogP contribution in [-0.4, -0.2) is 73.3 Å². The lowest BCUT2D eigenvalue weighted by molar-refractivity contribution is 0.187. The third-order valence-corrected chi connectivity index (χ3v) is 4.43. The van der Waals surface area contributed by atoms with Crippen LogP contribution in [0.25, 0.3) is 0 Å². The van der Waals surface area contributed by atoms with E-state index in [2.05, 4.69) is 29.1 Å². The van der Waals surface area contributed by atoms with Gasteiger partial charge in [0, 0.05) is 26.2 Å².